The number of ether oxygens (including phenoxy) is 3. The van der Waals surface area contributed by atoms with Gasteiger partial charge in [-0.25, -0.2) is 0 Å². The monoisotopic (exact) mass is 522 g/mol. The minimum atomic E-state index is -1.54. The topological polar surface area (TPSA) is 192 Å². The smallest absolute Gasteiger partial charge is 0.238 e. The molecule has 0 aliphatic carbocycles. The number of hydrogen-bond donors (Lipinski definition) is 7. The molecule has 12 nitrogen and oxygen atoms in total. The summed E-state index contributed by atoms with van der Waals surface area (Å²) >= 11 is 0. The molecule has 5 atom stereocenters. The molecule has 2 heterocycles. The van der Waals surface area contributed by atoms with Crippen molar-refractivity contribution < 1.29 is 39.4 Å². The third-order valence-electron chi connectivity index (χ3n) is 6.10. The van der Waals surface area contributed by atoms with Crippen molar-refractivity contribution in [1.82, 2.24) is 15.5 Å². The molecule has 1 aliphatic heterocycles. The summed E-state index contributed by atoms with van der Waals surface area (Å²) in [6.07, 6.45) is -5.51. The van der Waals surface area contributed by atoms with Gasteiger partial charge in [0.1, 0.15) is 30.2 Å². The summed E-state index contributed by atoms with van der Waals surface area (Å²) in [5.41, 5.74) is 7.91. The van der Waals surface area contributed by atoms with E-state index in [9.17, 15) is 25.2 Å². The zero-order valence-electron chi connectivity index (χ0n) is 21.2. The molecule has 1 aliphatic rings. The number of amides is 1. The summed E-state index contributed by atoms with van der Waals surface area (Å²) in [6.45, 7) is 4.76. The minimum Gasteiger partial charge on any atom is -0.494 e. The van der Waals surface area contributed by atoms with Crippen LogP contribution in [-0.2, 0) is 16.0 Å². The van der Waals surface area contributed by atoms with Gasteiger partial charge in [0.2, 0.25) is 18.1 Å². The number of H-pyrrole nitrogens is 1. The van der Waals surface area contributed by atoms with Crippen molar-refractivity contribution in [2.75, 3.05) is 26.3 Å². The number of rotatable bonds is 13. The minimum absolute atomic E-state index is 0.0678. The van der Waals surface area contributed by atoms with E-state index in [0.29, 0.717) is 44.7 Å². The molecule has 1 fully saturated rings. The second-order valence-electron chi connectivity index (χ2n) is 9.30. The van der Waals surface area contributed by atoms with Crippen molar-refractivity contribution in [2.24, 2.45) is 5.73 Å². The van der Waals surface area contributed by atoms with Gasteiger partial charge in [-0.05, 0) is 30.0 Å². The maximum Gasteiger partial charge on any atom is 0.238 e. The Bertz CT molecular complexity index is 982. The van der Waals surface area contributed by atoms with E-state index in [1.807, 2.05) is 38.1 Å². The zero-order valence-corrected chi connectivity index (χ0v) is 21.2. The van der Waals surface area contributed by atoms with Crippen molar-refractivity contribution in [1.29, 1.82) is 0 Å². The lowest BCUT2D eigenvalue weighted by molar-refractivity contribution is -0.278. The molecule has 1 amide bonds. The molecule has 0 spiro atoms. The highest BCUT2D eigenvalue weighted by Gasteiger charge is 2.45. The first kappa shape index (κ1) is 28.8. The highest BCUT2D eigenvalue weighted by atomic mass is 16.7. The predicted molar refractivity (Wildman–Crippen MR) is 133 cm³/mol. The molecule has 206 valence electrons. The van der Waals surface area contributed by atoms with Gasteiger partial charge in [-0.1, -0.05) is 26.0 Å². The van der Waals surface area contributed by atoms with Gasteiger partial charge in [-0.2, -0.15) is 0 Å². The normalized spacial score (nSPS) is 23.7. The van der Waals surface area contributed by atoms with Gasteiger partial charge >= 0.3 is 0 Å². The molecule has 1 saturated heterocycles. The number of benzene rings is 1. The first-order valence-corrected chi connectivity index (χ1v) is 12.5. The molecule has 37 heavy (non-hydrogen) atoms. The van der Waals surface area contributed by atoms with Gasteiger partial charge < -0.3 is 45.7 Å². The summed E-state index contributed by atoms with van der Waals surface area (Å²) in [5.74, 6) is 0.931. The van der Waals surface area contributed by atoms with Crippen LogP contribution in [0.25, 0.3) is 0 Å². The number of carbonyl (C=O) groups is 1. The fraction of sp³-hybridized carbons (Fsp3) is 0.600. The Morgan fingerprint density at radius 2 is 1.92 bits per heavy atom. The molecular formula is C25H38N4O8. The third kappa shape index (κ3) is 7.63. The van der Waals surface area contributed by atoms with Crippen LogP contribution in [0, 0.1) is 0 Å². The molecule has 0 radical (unpaired) electrons. The number of aromatic nitrogens is 2. The van der Waals surface area contributed by atoms with Crippen LogP contribution in [0.15, 0.2) is 24.3 Å². The van der Waals surface area contributed by atoms with Crippen LogP contribution in [0.1, 0.15) is 49.4 Å². The molecule has 2 aromatic rings. The standard InChI is InChI=1S/C25H38N4O8/c1-14(2)20-17(24(29-28-20)37-25-23(34)22(33)21(32)18(13-30)36-25)12-15-4-6-16(7-5-15)35-11-3-10-27-19(31)8-9-26/h4-7,14,18,21-23,25,30,32-34H,3,8-13,26H2,1-2H3,(H,27,31)(H,28,29)/t18-,21-,22+,23-,25+/m1/s1. The van der Waals surface area contributed by atoms with Gasteiger partial charge in [0, 0.05) is 37.2 Å². The van der Waals surface area contributed by atoms with Gasteiger partial charge in [0.15, 0.2) is 0 Å². The summed E-state index contributed by atoms with van der Waals surface area (Å²) in [7, 11) is 0. The second kappa shape index (κ2) is 13.7. The van der Waals surface area contributed by atoms with E-state index in [1.165, 1.54) is 0 Å². The van der Waals surface area contributed by atoms with E-state index in [0.717, 1.165) is 16.8 Å². The zero-order chi connectivity index (χ0) is 26.9. The molecule has 0 saturated carbocycles. The van der Waals surface area contributed by atoms with E-state index in [2.05, 4.69) is 15.5 Å². The number of nitrogens with two attached hydrogens (primary N) is 1. The number of aliphatic hydroxyl groups is 4. The van der Waals surface area contributed by atoms with E-state index in [1.54, 1.807) is 0 Å². The van der Waals surface area contributed by atoms with Crippen LogP contribution in [0.3, 0.4) is 0 Å². The Balaban J connectivity index is 1.62. The maximum atomic E-state index is 11.4. The van der Waals surface area contributed by atoms with E-state index >= 15 is 0 Å². The molecule has 8 N–H and O–H groups in total. The van der Waals surface area contributed by atoms with Gasteiger partial charge in [-0.15, -0.1) is 5.10 Å². The number of hydrogen-bond acceptors (Lipinski definition) is 10. The molecule has 1 aromatic heterocycles. The highest BCUT2D eigenvalue weighted by molar-refractivity contribution is 5.75. The van der Waals surface area contributed by atoms with Crippen LogP contribution in [0.5, 0.6) is 11.6 Å². The molecule has 12 heteroatoms. The fourth-order valence-corrected chi connectivity index (χ4v) is 4.00. The molecule has 0 bridgehead atoms. The second-order valence-corrected chi connectivity index (χ2v) is 9.30. The molecule has 0 unspecified atom stereocenters. The first-order chi connectivity index (χ1) is 17.7. The van der Waals surface area contributed by atoms with Crippen LogP contribution < -0.4 is 20.5 Å². The Hall–Kier alpha value is -2.74. The molecule has 3 rings (SSSR count). The summed E-state index contributed by atoms with van der Waals surface area (Å²) in [4.78, 5) is 11.4. The average Bonchev–Trinajstić information content (AvgIpc) is 3.27. The lowest BCUT2D eigenvalue weighted by Gasteiger charge is -2.39. The summed E-state index contributed by atoms with van der Waals surface area (Å²) in [6, 6.07) is 7.56. The quantitative estimate of drug-likeness (QED) is 0.169. The van der Waals surface area contributed by atoms with Crippen molar-refractivity contribution in [3.05, 3.63) is 41.1 Å². The van der Waals surface area contributed by atoms with E-state index < -0.39 is 37.3 Å². The van der Waals surface area contributed by atoms with Gasteiger partial charge in [0.05, 0.1) is 13.2 Å². The number of nitrogens with one attached hydrogen (secondary N) is 2. The number of carbonyl (C=O) groups excluding carboxylic acids is 1. The maximum absolute atomic E-state index is 11.4. The van der Waals surface area contributed by atoms with Gasteiger partial charge in [-0.3, -0.25) is 9.89 Å². The van der Waals surface area contributed by atoms with Crippen LogP contribution >= 0.6 is 0 Å². The van der Waals surface area contributed by atoms with Crippen molar-refractivity contribution in [3.63, 3.8) is 0 Å². The van der Waals surface area contributed by atoms with Crippen LogP contribution in [-0.4, -0.2) is 93.5 Å². The van der Waals surface area contributed by atoms with Gasteiger partial charge in [0.25, 0.3) is 0 Å². The highest BCUT2D eigenvalue weighted by Crippen LogP contribution is 2.31. The van der Waals surface area contributed by atoms with Crippen molar-refractivity contribution >= 4 is 5.91 Å². The summed E-state index contributed by atoms with van der Waals surface area (Å²) < 4.78 is 17.0. The lowest BCUT2D eigenvalue weighted by atomic mass is 9.98. The third-order valence-corrected chi connectivity index (χ3v) is 6.10. The SMILES string of the molecule is CC(C)c1[nH]nc(O[C@@H]2O[C@H](CO)[C@@H](O)[C@H](O)[C@H]2O)c1Cc1ccc(OCCCNC(=O)CCN)cc1. The first-order valence-electron chi connectivity index (χ1n) is 12.5. The fourth-order valence-electron chi connectivity index (χ4n) is 4.00. The Labute approximate surface area is 215 Å². The predicted octanol–water partition coefficient (Wildman–Crippen LogP) is -0.463. The summed E-state index contributed by atoms with van der Waals surface area (Å²) in [5, 5.41) is 49.9. The molecule has 1 aromatic carbocycles. The number of aromatic amines is 1. The van der Waals surface area contributed by atoms with Crippen LogP contribution in [0.2, 0.25) is 0 Å². The van der Waals surface area contributed by atoms with Crippen LogP contribution in [0.4, 0.5) is 0 Å². The van der Waals surface area contributed by atoms with Crippen molar-refractivity contribution in [3.8, 4) is 11.6 Å². The van der Waals surface area contributed by atoms with E-state index in [-0.39, 0.29) is 17.7 Å². The Kier molecular flexibility index (Phi) is 10.7. The number of aliphatic hydroxyl groups excluding tert-OH is 4. The van der Waals surface area contributed by atoms with E-state index in [4.69, 9.17) is 19.9 Å². The largest absolute Gasteiger partial charge is 0.494 e. The molecular weight excluding hydrogens is 484 g/mol. The Morgan fingerprint density at radius 3 is 2.57 bits per heavy atom. The Morgan fingerprint density at radius 1 is 1.19 bits per heavy atom. The lowest BCUT2D eigenvalue weighted by Crippen LogP contribution is -2.60. The number of nitrogens with zero attached hydrogens (tertiary/aromatic N) is 1. The van der Waals surface area contributed by atoms with Crippen molar-refractivity contribution in [2.45, 2.75) is 69.7 Å². The average molecular weight is 523 g/mol.